The number of carbonyl (C=O) groups excluding carboxylic acids is 1. The molecule has 0 atom stereocenters. The van der Waals surface area contributed by atoms with E-state index in [1.807, 2.05) is 24.4 Å². The van der Waals surface area contributed by atoms with Gasteiger partial charge in [0.25, 0.3) is 5.91 Å². The van der Waals surface area contributed by atoms with E-state index >= 15 is 0 Å². The second-order valence-corrected chi connectivity index (χ2v) is 7.33. The molecule has 0 unspecified atom stereocenters. The number of pyridine rings is 1. The van der Waals surface area contributed by atoms with Gasteiger partial charge in [-0.1, -0.05) is 5.16 Å². The van der Waals surface area contributed by atoms with Gasteiger partial charge in [0.05, 0.1) is 5.56 Å². The van der Waals surface area contributed by atoms with Gasteiger partial charge in [-0.15, -0.1) is 10.2 Å². The fourth-order valence-corrected chi connectivity index (χ4v) is 2.95. The summed E-state index contributed by atoms with van der Waals surface area (Å²) in [7, 11) is 0. The molecule has 162 valence electrons. The zero-order valence-electron chi connectivity index (χ0n) is 16.7. The Bertz CT molecular complexity index is 1090. The number of nitrogens with one attached hydrogen (secondary N) is 1. The van der Waals surface area contributed by atoms with E-state index in [0.717, 1.165) is 11.3 Å². The van der Waals surface area contributed by atoms with Crippen LogP contribution in [0.5, 0.6) is 5.88 Å². The molecule has 3 aromatic rings. The summed E-state index contributed by atoms with van der Waals surface area (Å²) in [6, 6.07) is 6.34. The third-order valence-corrected chi connectivity index (χ3v) is 5.05. The minimum atomic E-state index is -4.50. The number of alkyl halides is 3. The van der Waals surface area contributed by atoms with Crippen molar-refractivity contribution in [1.29, 1.82) is 0 Å². The van der Waals surface area contributed by atoms with E-state index < -0.39 is 17.6 Å². The van der Waals surface area contributed by atoms with Gasteiger partial charge in [0.2, 0.25) is 5.88 Å². The van der Waals surface area contributed by atoms with E-state index in [1.54, 1.807) is 13.1 Å². The molecule has 1 amide bonds. The van der Waals surface area contributed by atoms with Crippen LogP contribution in [0.1, 0.15) is 40.3 Å². The summed E-state index contributed by atoms with van der Waals surface area (Å²) in [5, 5.41) is 13.5. The van der Waals surface area contributed by atoms with Gasteiger partial charge in [0, 0.05) is 23.5 Å². The highest BCUT2D eigenvalue weighted by atomic mass is 19.4. The molecular weight excluding hydrogens is 415 g/mol. The van der Waals surface area contributed by atoms with Gasteiger partial charge in [0.1, 0.15) is 23.6 Å². The average Bonchev–Trinajstić information content (AvgIpc) is 3.44. The van der Waals surface area contributed by atoms with Gasteiger partial charge < -0.3 is 14.6 Å². The molecule has 3 heterocycles. The van der Waals surface area contributed by atoms with Crippen LogP contribution in [0.2, 0.25) is 0 Å². The number of hydrogen-bond acceptors (Lipinski definition) is 7. The number of nitrogens with zero attached hydrogens (tertiary/aromatic N) is 4. The molecule has 0 aliphatic heterocycles. The minimum absolute atomic E-state index is 0.0654. The molecule has 1 aliphatic carbocycles. The lowest BCUT2D eigenvalue weighted by Gasteiger charge is -2.20. The zero-order valence-corrected chi connectivity index (χ0v) is 16.7. The molecule has 0 saturated heterocycles. The quantitative estimate of drug-likeness (QED) is 0.634. The Morgan fingerprint density at radius 2 is 1.97 bits per heavy atom. The number of halogens is 3. The Morgan fingerprint density at radius 3 is 2.55 bits per heavy atom. The molecule has 0 radical (unpaired) electrons. The smallest absolute Gasteiger partial charge is 0.411 e. The first-order chi connectivity index (χ1) is 14.7. The van der Waals surface area contributed by atoms with Crippen LogP contribution in [0.3, 0.4) is 0 Å². The van der Waals surface area contributed by atoms with Gasteiger partial charge in [-0.25, -0.2) is 0 Å². The van der Waals surface area contributed by atoms with Gasteiger partial charge in [-0.2, -0.15) is 13.2 Å². The Labute approximate surface area is 174 Å². The summed E-state index contributed by atoms with van der Waals surface area (Å²) < 4.78 is 49.8. The fourth-order valence-electron chi connectivity index (χ4n) is 2.95. The van der Waals surface area contributed by atoms with E-state index in [2.05, 4.69) is 20.3 Å². The van der Waals surface area contributed by atoms with Gasteiger partial charge in [0.15, 0.2) is 5.69 Å². The van der Waals surface area contributed by atoms with E-state index in [9.17, 15) is 18.0 Å². The third-order valence-electron chi connectivity index (χ3n) is 5.05. The Balaban J connectivity index is 1.42. The highest BCUT2D eigenvalue weighted by Crippen LogP contribution is 2.49. The highest BCUT2D eigenvalue weighted by molar-refractivity contribution is 5.93. The molecule has 1 saturated carbocycles. The summed E-state index contributed by atoms with van der Waals surface area (Å²) >= 11 is 0. The predicted molar refractivity (Wildman–Crippen MR) is 101 cm³/mol. The van der Waals surface area contributed by atoms with Crippen LogP contribution in [0.4, 0.5) is 13.2 Å². The van der Waals surface area contributed by atoms with Crippen molar-refractivity contribution in [2.24, 2.45) is 0 Å². The van der Waals surface area contributed by atoms with Crippen LogP contribution in [0.15, 0.2) is 35.0 Å². The van der Waals surface area contributed by atoms with Crippen molar-refractivity contribution in [1.82, 2.24) is 25.7 Å². The molecule has 0 aromatic carbocycles. The largest absolute Gasteiger partial charge is 0.472 e. The molecule has 0 bridgehead atoms. The summed E-state index contributed by atoms with van der Waals surface area (Å²) in [5.74, 6) is -0.276. The maximum absolute atomic E-state index is 13.0. The summed E-state index contributed by atoms with van der Waals surface area (Å²) in [6.07, 6.45) is -3.11. The Kier molecular flexibility index (Phi) is 5.11. The number of rotatable bonds is 6. The first-order valence-corrected chi connectivity index (χ1v) is 9.42. The van der Waals surface area contributed by atoms with Crippen LogP contribution in [0, 0.1) is 13.8 Å². The average molecular weight is 433 g/mol. The number of hydrogen-bond donors (Lipinski definition) is 1. The minimum Gasteiger partial charge on any atom is -0.472 e. The van der Waals surface area contributed by atoms with Crippen LogP contribution in [-0.4, -0.2) is 38.0 Å². The standard InChI is InChI=1S/C20H18F3N5O3/c1-11-3-4-13(9-24-11)17-14(12(2)31-28-17)10-30-16-6-5-15(26-27-16)18(29)25-19(7-8-19)20(21,22)23/h3-6,9H,7-8,10H2,1-2H3,(H,25,29). The van der Waals surface area contributed by atoms with Crippen molar-refractivity contribution in [3.05, 3.63) is 53.2 Å². The maximum Gasteiger partial charge on any atom is 0.411 e. The normalized spacial score (nSPS) is 14.9. The van der Waals surface area contributed by atoms with Gasteiger partial charge >= 0.3 is 6.18 Å². The van der Waals surface area contributed by atoms with Crippen molar-refractivity contribution < 1.29 is 27.2 Å². The monoisotopic (exact) mass is 433 g/mol. The van der Waals surface area contributed by atoms with Crippen LogP contribution >= 0.6 is 0 Å². The second-order valence-electron chi connectivity index (χ2n) is 7.33. The third kappa shape index (κ3) is 4.21. The second kappa shape index (κ2) is 7.64. The maximum atomic E-state index is 13.0. The number of ether oxygens (including phenoxy) is 1. The molecule has 1 N–H and O–H groups in total. The van der Waals surface area contributed by atoms with E-state index in [1.165, 1.54) is 12.1 Å². The van der Waals surface area contributed by atoms with Crippen LogP contribution in [0.25, 0.3) is 11.3 Å². The van der Waals surface area contributed by atoms with E-state index in [-0.39, 0.29) is 31.0 Å². The topological polar surface area (TPSA) is 103 Å². The molecule has 31 heavy (non-hydrogen) atoms. The first kappa shape index (κ1) is 20.8. The van der Waals surface area contributed by atoms with Crippen LogP contribution < -0.4 is 10.1 Å². The molecule has 3 aromatic heterocycles. The number of aromatic nitrogens is 4. The summed E-state index contributed by atoms with van der Waals surface area (Å²) in [5.41, 5.74) is 0.511. The lowest BCUT2D eigenvalue weighted by molar-refractivity contribution is -0.163. The summed E-state index contributed by atoms with van der Waals surface area (Å²) in [6.45, 7) is 3.68. The van der Waals surface area contributed by atoms with Crippen molar-refractivity contribution in [3.63, 3.8) is 0 Å². The summed E-state index contributed by atoms with van der Waals surface area (Å²) in [4.78, 5) is 16.3. The number of aryl methyl sites for hydroxylation is 2. The predicted octanol–water partition coefficient (Wildman–Crippen LogP) is 3.55. The van der Waals surface area contributed by atoms with Gasteiger partial charge in [-0.3, -0.25) is 9.78 Å². The van der Waals surface area contributed by atoms with Gasteiger partial charge in [-0.05, 0) is 44.9 Å². The van der Waals surface area contributed by atoms with E-state index in [0.29, 0.717) is 17.0 Å². The zero-order chi connectivity index (χ0) is 22.2. The first-order valence-electron chi connectivity index (χ1n) is 9.42. The van der Waals surface area contributed by atoms with Crippen molar-refractivity contribution in [2.45, 2.75) is 45.0 Å². The van der Waals surface area contributed by atoms with Crippen molar-refractivity contribution in [2.75, 3.05) is 0 Å². The molecule has 1 fully saturated rings. The van der Waals surface area contributed by atoms with Crippen LogP contribution in [-0.2, 0) is 6.61 Å². The molecule has 0 spiro atoms. The molecule has 1 aliphatic rings. The SMILES string of the molecule is Cc1ccc(-c2noc(C)c2COc2ccc(C(=O)NC3(C(F)(F)F)CC3)nn2)cn1. The molecule has 4 rings (SSSR count). The lowest BCUT2D eigenvalue weighted by Crippen LogP contribution is -2.48. The Hall–Kier alpha value is -3.50. The fraction of sp³-hybridized carbons (Fsp3) is 0.350. The number of amides is 1. The lowest BCUT2D eigenvalue weighted by atomic mass is 10.1. The highest BCUT2D eigenvalue weighted by Gasteiger charge is 2.64. The Morgan fingerprint density at radius 1 is 1.19 bits per heavy atom. The van der Waals surface area contributed by atoms with E-state index in [4.69, 9.17) is 9.26 Å². The van der Waals surface area contributed by atoms with Crippen molar-refractivity contribution >= 4 is 5.91 Å². The number of carbonyl (C=O) groups is 1. The molecule has 8 nitrogen and oxygen atoms in total. The molecule has 11 heteroatoms. The molecular formula is C20H18F3N5O3. The van der Waals surface area contributed by atoms with Crippen molar-refractivity contribution in [3.8, 4) is 17.1 Å².